The number of methoxy groups -OCH3 is 2. The van der Waals surface area contributed by atoms with Gasteiger partial charge in [-0.25, -0.2) is 4.98 Å². The van der Waals surface area contributed by atoms with Gasteiger partial charge in [0.1, 0.15) is 10.8 Å². The topological polar surface area (TPSA) is 60.5 Å². The molecule has 0 saturated carbocycles. The van der Waals surface area contributed by atoms with E-state index in [0.717, 1.165) is 22.0 Å². The van der Waals surface area contributed by atoms with Crippen molar-refractivity contribution < 1.29 is 14.3 Å². The number of amides is 1. The monoisotopic (exact) mass is 306 g/mol. The Kier molecular flexibility index (Phi) is 5.71. The third kappa shape index (κ3) is 4.54. The molecule has 1 heterocycles. The van der Waals surface area contributed by atoms with Gasteiger partial charge in [0.2, 0.25) is 5.91 Å². The van der Waals surface area contributed by atoms with Gasteiger partial charge in [-0.1, -0.05) is 18.2 Å². The Morgan fingerprint density at radius 1 is 1.33 bits per heavy atom. The molecule has 0 spiro atoms. The summed E-state index contributed by atoms with van der Waals surface area (Å²) >= 11 is 1.50. The first kappa shape index (κ1) is 15.5. The molecule has 0 bridgehead atoms. The maximum Gasteiger partial charge on any atom is 0.226 e. The highest BCUT2D eigenvalue weighted by Crippen LogP contribution is 2.17. The Bertz CT molecular complexity index is 598. The first-order valence-electron chi connectivity index (χ1n) is 6.53. The van der Waals surface area contributed by atoms with Crippen LogP contribution in [-0.2, 0) is 29.1 Å². The van der Waals surface area contributed by atoms with Gasteiger partial charge < -0.3 is 14.8 Å². The molecule has 0 atom stereocenters. The summed E-state index contributed by atoms with van der Waals surface area (Å²) in [5.74, 6) is 0.712. The van der Waals surface area contributed by atoms with Gasteiger partial charge in [0.05, 0.1) is 25.8 Å². The van der Waals surface area contributed by atoms with Crippen molar-refractivity contribution in [2.45, 2.75) is 19.6 Å². The van der Waals surface area contributed by atoms with Gasteiger partial charge in [0.25, 0.3) is 0 Å². The molecule has 2 rings (SSSR count). The third-order valence-corrected chi connectivity index (χ3v) is 3.75. The van der Waals surface area contributed by atoms with Crippen LogP contribution in [0.4, 0.5) is 0 Å². The largest absolute Gasteiger partial charge is 0.496 e. The van der Waals surface area contributed by atoms with Crippen molar-refractivity contribution >= 4 is 17.2 Å². The molecular weight excluding hydrogens is 288 g/mol. The quantitative estimate of drug-likeness (QED) is 0.851. The van der Waals surface area contributed by atoms with Gasteiger partial charge in [-0.2, -0.15) is 0 Å². The number of carbonyl (C=O) groups excluding carboxylic acids is 1. The number of thiazole rings is 1. The minimum Gasteiger partial charge on any atom is -0.496 e. The molecule has 6 heteroatoms. The van der Waals surface area contributed by atoms with Crippen molar-refractivity contribution in [3.63, 3.8) is 0 Å². The smallest absolute Gasteiger partial charge is 0.226 e. The Morgan fingerprint density at radius 2 is 2.14 bits per heavy atom. The highest BCUT2D eigenvalue weighted by Gasteiger charge is 2.09. The molecule has 2 aromatic rings. The second kappa shape index (κ2) is 7.75. The van der Waals surface area contributed by atoms with E-state index in [1.807, 2.05) is 29.6 Å². The van der Waals surface area contributed by atoms with Crippen LogP contribution in [0, 0.1) is 0 Å². The lowest BCUT2D eigenvalue weighted by Crippen LogP contribution is -2.24. The van der Waals surface area contributed by atoms with Crippen LogP contribution >= 0.6 is 11.3 Å². The van der Waals surface area contributed by atoms with Crippen LogP contribution < -0.4 is 10.1 Å². The van der Waals surface area contributed by atoms with Crippen molar-refractivity contribution in [3.8, 4) is 5.75 Å². The molecule has 0 fully saturated rings. The summed E-state index contributed by atoms with van der Waals surface area (Å²) in [6, 6.07) is 7.62. The van der Waals surface area contributed by atoms with Crippen LogP contribution in [0.25, 0.3) is 0 Å². The highest BCUT2D eigenvalue weighted by molar-refractivity contribution is 7.09. The van der Waals surface area contributed by atoms with E-state index in [0.29, 0.717) is 13.2 Å². The standard InChI is InChI=1S/C15H18N2O3S/c1-19-9-15-17-12(10-21-15)7-14(18)16-8-11-5-3-4-6-13(11)20-2/h3-6,10H,7-9H2,1-2H3,(H,16,18). The molecule has 21 heavy (non-hydrogen) atoms. The fourth-order valence-electron chi connectivity index (χ4n) is 1.89. The number of nitrogens with one attached hydrogen (secondary N) is 1. The Morgan fingerprint density at radius 3 is 2.90 bits per heavy atom. The van der Waals surface area contributed by atoms with Crippen LogP contribution in [0.1, 0.15) is 16.3 Å². The number of para-hydroxylation sites is 1. The molecular formula is C15H18N2O3S. The predicted molar refractivity (Wildman–Crippen MR) is 81.4 cm³/mol. The van der Waals surface area contributed by atoms with Crippen molar-refractivity contribution in [2.24, 2.45) is 0 Å². The summed E-state index contributed by atoms with van der Waals surface area (Å²) in [7, 11) is 3.24. The Balaban J connectivity index is 1.86. The molecule has 0 radical (unpaired) electrons. The van der Waals surface area contributed by atoms with Crippen LogP contribution in [0.2, 0.25) is 0 Å². The first-order valence-corrected chi connectivity index (χ1v) is 7.41. The van der Waals surface area contributed by atoms with Gasteiger partial charge in [0, 0.05) is 24.6 Å². The van der Waals surface area contributed by atoms with Crippen LogP contribution in [0.15, 0.2) is 29.6 Å². The summed E-state index contributed by atoms with van der Waals surface area (Å²) in [6.45, 7) is 0.922. The minimum atomic E-state index is -0.0600. The normalized spacial score (nSPS) is 10.4. The molecule has 5 nitrogen and oxygen atoms in total. The van der Waals surface area contributed by atoms with Crippen LogP contribution in [-0.4, -0.2) is 25.1 Å². The number of aromatic nitrogens is 1. The molecule has 0 aliphatic rings. The summed E-state index contributed by atoms with van der Waals surface area (Å²) in [6.07, 6.45) is 0.273. The van der Waals surface area contributed by atoms with Crippen molar-refractivity contribution in [1.29, 1.82) is 0 Å². The molecule has 112 valence electrons. The van der Waals surface area contributed by atoms with Gasteiger partial charge in [-0.15, -0.1) is 11.3 Å². The number of benzene rings is 1. The first-order chi connectivity index (χ1) is 10.2. The zero-order chi connectivity index (χ0) is 15.1. The molecule has 0 saturated heterocycles. The van der Waals surface area contributed by atoms with Crippen molar-refractivity contribution in [1.82, 2.24) is 10.3 Å². The predicted octanol–water partition coefficient (Wildman–Crippen LogP) is 2.16. The number of hydrogen-bond acceptors (Lipinski definition) is 5. The van der Waals surface area contributed by atoms with E-state index >= 15 is 0 Å². The SMILES string of the molecule is COCc1nc(CC(=O)NCc2ccccc2OC)cs1. The number of rotatable bonds is 7. The molecule has 1 amide bonds. The molecule has 1 aromatic carbocycles. The van der Waals surface area contributed by atoms with E-state index in [1.54, 1.807) is 14.2 Å². The average Bonchev–Trinajstić information content (AvgIpc) is 2.93. The lowest BCUT2D eigenvalue weighted by Gasteiger charge is -2.09. The summed E-state index contributed by atoms with van der Waals surface area (Å²) in [5.41, 5.74) is 1.72. The van der Waals surface area contributed by atoms with Gasteiger partial charge in [-0.3, -0.25) is 4.79 Å². The van der Waals surface area contributed by atoms with Gasteiger partial charge in [0.15, 0.2) is 0 Å². The van der Waals surface area contributed by atoms with E-state index < -0.39 is 0 Å². The van der Waals surface area contributed by atoms with Crippen molar-refractivity contribution in [3.05, 3.63) is 45.9 Å². The van der Waals surface area contributed by atoms with Crippen LogP contribution in [0.3, 0.4) is 0 Å². The molecule has 0 aliphatic carbocycles. The maximum absolute atomic E-state index is 11.9. The van der Waals surface area contributed by atoms with Crippen molar-refractivity contribution in [2.75, 3.05) is 14.2 Å². The Hall–Kier alpha value is -1.92. The summed E-state index contributed by atoms with van der Waals surface area (Å²) in [5, 5.41) is 5.64. The number of carbonyl (C=O) groups is 1. The molecule has 1 N–H and O–H groups in total. The third-order valence-electron chi connectivity index (χ3n) is 2.88. The second-order valence-corrected chi connectivity index (χ2v) is 5.37. The van der Waals surface area contributed by atoms with E-state index in [9.17, 15) is 4.79 Å². The fraction of sp³-hybridized carbons (Fsp3) is 0.333. The van der Waals surface area contributed by atoms with Crippen LogP contribution in [0.5, 0.6) is 5.75 Å². The second-order valence-electron chi connectivity index (χ2n) is 4.43. The molecule has 0 aliphatic heterocycles. The maximum atomic E-state index is 11.9. The zero-order valence-corrected chi connectivity index (χ0v) is 12.9. The molecule has 0 unspecified atom stereocenters. The van der Waals surface area contributed by atoms with E-state index in [4.69, 9.17) is 9.47 Å². The fourth-order valence-corrected chi connectivity index (χ4v) is 2.65. The number of ether oxygens (including phenoxy) is 2. The van der Waals surface area contributed by atoms with E-state index in [2.05, 4.69) is 10.3 Å². The van der Waals surface area contributed by atoms with E-state index in [-0.39, 0.29) is 12.3 Å². The van der Waals surface area contributed by atoms with Gasteiger partial charge in [-0.05, 0) is 6.07 Å². The average molecular weight is 306 g/mol. The summed E-state index contributed by atoms with van der Waals surface area (Å²) in [4.78, 5) is 16.3. The minimum absolute atomic E-state index is 0.0600. The number of hydrogen-bond donors (Lipinski definition) is 1. The van der Waals surface area contributed by atoms with Gasteiger partial charge >= 0.3 is 0 Å². The number of nitrogens with zero attached hydrogens (tertiary/aromatic N) is 1. The summed E-state index contributed by atoms with van der Waals surface area (Å²) < 4.78 is 10.3. The lowest BCUT2D eigenvalue weighted by atomic mass is 10.2. The lowest BCUT2D eigenvalue weighted by molar-refractivity contribution is -0.120. The van der Waals surface area contributed by atoms with E-state index in [1.165, 1.54) is 11.3 Å². The zero-order valence-electron chi connectivity index (χ0n) is 12.1. The Labute approximate surface area is 127 Å². The molecule has 1 aromatic heterocycles. The highest BCUT2D eigenvalue weighted by atomic mass is 32.1.